The van der Waals surface area contributed by atoms with Gasteiger partial charge >= 0.3 is 0 Å². The van der Waals surface area contributed by atoms with Crippen molar-refractivity contribution in [3.63, 3.8) is 0 Å². The lowest BCUT2D eigenvalue weighted by molar-refractivity contribution is -0.122. The number of aryl methyl sites for hydroxylation is 2. The Balaban J connectivity index is 1.50. The van der Waals surface area contributed by atoms with Gasteiger partial charge in [-0.15, -0.1) is 0 Å². The quantitative estimate of drug-likeness (QED) is 0.563. The SMILES string of the molecule is CCC(Oc1ccc2c(c1)CCCC2)C(=O)Nc1ccccc1-c1ccccc1. The van der Waals surface area contributed by atoms with Crippen molar-refractivity contribution in [2.75, 3.05) is 5.32 Å². The number of anilines is 1. The van der Waals surface area contributed by atoms with Gasteiger partial charge in [0.2, 0.25) is 0 Å². The van der Waals surface area contributed by atoms with E-state index in [1.165, 1.54) is 24.0 Å². The molecule has 1 N–H and O–H groups in total. The van der Waals surface area contributed by atoms with E-state index < -0.39 is 6.10 Å². The number of carbonyl (C=O) groups is 1. The van der Waals surface area contributed by atoms with E-state index in [1.807, 2.05) is 67.6 Å². The van der Waals surface area contributed by atoms with E-state index in [1.54, 1.807) is 0 Å². The minimum Gasteiger partial charge on any atom is -0.481 e. The number of amides is 1. The van der Waals surface area contributed by atoms with Crippen molar-refractivity contribution in [3.05, 3.63) is 83.9 Å². The first kappa shape index (κ1) is 19.3. The highest BCUT2D eigenvalue weighted by molar-refractivity contribution is 5.98. The highest BCUT2D eigenvalue weighted by Gasteiger charge is 2.20. The zero-order valence-electron chi connectivity index (χ0n) is 16.9. The van der Waals surface area contributed by atoms with Gasteiger partial charge in [-0.25, -0.2) is 0 Å². The first-order valence-electron chi connectivity index (χ1n) is 10.5. The van der Waals surface area contributed by atoms with Crippen LogP contribution in [0.4, 0.5) is 5.69 Å². The molecule has 29 heavy (non-hydrogen) atoms. The number of rotatable bonds is 6. The standard InChI is InChI=1S/C26H27NO2/c1-2-25(29-22-17-16-19-10-6-7-13-21(19)18-22)26(28)27-24-15-9-8-14-23(24)20-11-4-3-5-12-20/h3-5,8-9,11-12,14-18,25H,2,6-7,10,13H2,1H3,(H,27,28). The lowest BCUT2D eigenvalue weighted by atomic mass is 9.92. The fourth-order valence-electron chi connectivity index (χ4n) is 3.94. The summed E-state index contributed by atoms with van der Waals surface area (Å²) in [5.74, 6) is 0.664. The topological polar surface area (TPSA) is 38.3 Å². The van der Waals surface area contributed by atoms with Crippen molar-refractivity contribution in [1.82, 2.24) is 0 Å². The van der Waals surface area contributed by atoms with Gasteiger partial charge < -0.3 is 10.1 Å². The van der Waals surface area contributed by atoms with E-state index in [0.29, 0.717) is 6.42 Å². The summed E-state index contributed by atoms with van der Waals surface area (Å²) in [6.07, 6.45) is 4.80. The van der Waals surface area contributed by atoms with Crippen LogP contribution in [0.2, 0.25) is 0 Å². The average molecular weight is 386 g/mol. The van der Waals surface area contributed by atoms with Crippen LogP contribution in [0.1, 0.15) is 37.3 Å². The molecular formula is C26H27NO2. The van der Waals surface area contributed by atoms with Crippen LogP contribution >= 0.6 is 0 Å². The molecule has 3 nitrogen and oxygen atoms in total. The molecule has 3 aromatic rings. The summed E-state index contributed by atoms with van der Waals surface area (Å²) in [5, 5.41) is 3.08. The number of carbonyl (C=O) groups excluding carboxylic acids is 1. The van der Waals surface area contributed by atoms with Crippen molar-refractivity contribution in [1.29, 1.82) is 0 Å². The van der Waals surface area contributed by atoms with Gasteiger partial charge in [0, 0.05) is 11.3 Å². The second-order valence-corrected chi connectivity index (χ2v) is 7.55. The van der Waals surface area contributed by atoms with Crippen molar-refractivity contribution in [3.8, 4) is 16.9 Å². The number of benzene rings is 3. The van der Waals surface area contributed by atoms with Gasteiger partial charge in [0.1, 0.15) is 5.75 Å². The maximum atomic E-state index is 13.0. The molecule has 0 saturated heterocycles. The molecule has 1 aliphatic rings. The summed E-state index contributed by atoms with van der Waals surface area (Å²) >= 11 is 0. The van der Waals surface area contributed by atoms with Gasteiger partial charge in [0.05, 0.1) is 0 Å². The molecule has 0 aliphatic heterocycles. The minimum absolute atomic E-state index is 0.117. The molecule has 0 saturated carbocycles. The number of para-hydroxylation sites is 1. The Morgan fingerprint density at radius 2 is 1.66 bits per heavy atom. The molecular weight excluding hydrogens is 358 g/mol. The molecule has 3 aromatic carbocycles. The Labute approximate surface area is 172 Å². The molecule has 3 heteroatoms. The molecule has 0 spiro atoms. The van der Waals surface area contributed by atoms with E-state index in [0.717, 1.165) is 35.4 Å². The van der Waals surface area contributed by atoms with Crippen molar-refractivity contribution < 1.29 is 9.53 Å². The molecule has 0 radical (unpaired) electrons. The zero-order chi connectivity index (χ0) is 20.1. The smallest absolute Gasteiger partial charge is 0.265 e. The van der Waals surface area contributed by atoms with Gasteiger partial charge in [-0.2, -0.15) is 0 Å². The highest BCUT2D eigenvalue weighted by atomic mass is 16.5. The molecule has 1 aliphatic carbocycles. The van der Waals surface area contributed by atoms with Crippen LogP contribution in [0.3, 0.4) is 0 Å². The molecule has 1 amide bonds. The van der Waals surface area contributed by atoms with Crippen LogP contribution in [0.25, 0.3) is 11.1 Å². The maximum Gasteiger partial charge on any atom is 0.265 e. The summed E-state index contributed by atoms with van der Waals surface area (Å²) in [7, 11) is 0. The summed E-state index contributed by atoms with van der Waals surface area (Å²) in [4.78, 5) is 13.0. The zero-order valence-corrected chi connectivity index (χ0v) is 16.9. The average Bonchev–Trinajstić information content (AvgIpc) is 2.78. The molecule has 0 bridgehead atoms. The summed E-state index contributed by atoms with van der Waals surface area (Å²) in [5.41, 5.74) is 5.66. The van der Waals surface area contributed by atoms with Gasteiger partial charge in [-0.1, -0.05) is 61.5 Å². The van der Waals surface area contributed by atoms with Gasteiger partial charge in [-0.3, -0.25) is 4.79 Å². The largest absolute Gasteiger partial charge is 0.481 e. The lowest BCUT2D eigenvalue weighted by Gasteiger charge is -2.21. The molecule has 0 aromatic heterocycles. The highest BCUT2D eigenvalue weighted by Crippen LogP contribution is 2.29. The molecule has 148 valence electrons. The number of fused-ring (bicyclic) bond motifs is 1. The fourth-order valence-corrected chi connectivity index (χ4v) is 3.94. The predicted molar refractivity (Wildman–Crippen MR) is 118 cm³/mol. The van der Waals surface area contributed by atoms with Crippen molar-refractivity contribution in [2.45, 2.75) is 45.1 Å². The van der Waals surface area contributed by atoms with Gasteiger partial charge in [0.25, 0.3) is 5.91 Å². The van der Waals surface area contributed by atoms with Crippen LogP contribution in [-0.2, 0) is 17.6 Å². The summed E-state index contributed by atoms with van der Waals surface area (Å²) in [6.45, 7) is 1.98. The second kappa shape index (κ2) is 8.95. The third kappa shape index (κ3) is 4.51. The first-order chi connectivity index (χ1) is 14.2. The second-order valence-electron chi connectivity index (χ2n) is 7.55. The number of hydrogen-bond acceptors (Lipinski definition) is 2. The van der Waals surface area contributed by atoms with E-state index in [4.69, 9.17) is 4.74 Å². The van der Waals surface area contributed by atoms with Crippen LogP contribution in [0, 0.1) is 0 Å². The van der Waals surface area contributed by atoms with Crippen LogP contribution in [-0.4, -0.2) is 12.0 Å². The summed E-state index contributed by atoms with van der Waals surface area (Å²) < 4.78 is 6.10. The minimum atomic E-state index is -0.527. The molecule has 0 heterocycles. The van der Waals surface area contributed by atoms with Crippen LogP contribution < -0.4 is 10.1 Å². The van der Waals surface area contributed by atoms with E-state index in [-0.39, 0.29) is 5.91 Å². The number of ether oxygens (including phenoxy) is 1. The predicted octanol–water partition coefficient (Wildman–Crippen LogP) is 6.03. The van der Waals surface area contributed by atoms with Crippen LogP contribution in [0.15, 0.2) is 72.8 Å². The lowest BCUT2D eigenvalue weighted by Crippen LogP contribution is -2.32. The Bertz CT molecular complexity index is 981. The third-order valence-corrected chi connectivity index (χ3v) is 5.53. The first-order valence-corrected chi connectivity index (χ1v) is 10.5. The third-order valence-electron chi connectivity index (χ3n) is 5.53. The monoisotopic (exact) mass is 385 g/mol. The van der Waals surface area contributed by atoms with Crippen LogP contribution in [0.5, 0.6) is 5.75 Å². The summed E-state index contributed by atoms with van der Waals surface area (Å²) in [6, 6.07) is 24.2. The van der Waals surface area contributed by atoms with Gasteiger partial charge in [0.15, 0.2) is 6.10 Å². The van der Waals surface area contributed by atoms with E-state index >= 15 is 0 Å². The number of hydrogen-bond donors (Lipinski definition) is 1. The van der Waals surface area contributed by atoms with Gasteiger partial charge in [-0.05, 0) is 67.0 Å². The van der Waals surface area contributed by atoms with E-state index in [2.05, 4.69) is 17.4 Å². The van der Waals surface area contributed by atoms with E-state index in [9.17, 15) is 4.79 Å². The molecule has 0 fully saturated rings. The Kier molecular flexibility index (Phi) is 5.95. The molecule has 4 rings (SSSR count). The normalized spacial score (nSPS) is 14.0. The number of nitrogens with one attached hydrogen (secondary N) is 1. The Hall–Kier alpha value is -3.07. The fraction of sp³-hybridized carbons (Fsp3) is 0.269. The van der Waals surface area contributed by atoms with Crippen molar-refractivity contribution in [2.24, 2.45) is 0 Å². The van der Waals surface area contributed by atoms with Crippen molar-refractivity contribution >= 4 is 11.6 Å². The Morgan fingerprint density at radius 3 is 2.45 bits per heavy atom. The Morgan fingerprint density at radius 1 is 0.931 bits per heavy atom. The molecule has 1 unspecified atom stereocenters. The maximum absolute atomic E-state index is 13.0. The molecule has 1 atom stereocenters.